The first-order valence-corrected chi connectivity index (χ1v) is 6.73. The summed E-state index contributed by atoms with van der Waals surface area (Å²) in [5.41, 5.74) is 2.80. The highest BCUT2D eigenvalue weighted by molar-refractivity contribution is 4.93. The van der Waals surface area contributed by atoms with E-state index in [1.165, 1.54) is 0 Å². The van der Waals surface area contributed by atoms with Crippen LogP contribution < -0.4 is 11.3 Å². The third kappa shape index (κ3) is 3.97. The first kappa shape index (κ1) is 14.4. The number of hydrogen-bond acceptors (Lipinski definition) is 6. The van der Waals surface area contributed by atoms with Crippen molar-refractivity contribution in [3.8, 4) is 0 Å². The van der Waals surface area contributed by atoms with Crippen LogP contribution in [-0.2, 0) is 22.4 Å². The summed E-state index contributed by atoms with van der Waals surface area (Å²) in [6, 6.07) is -0.0181. The molecule has 1 aromatic heterocycles. The fourth-order valence-electron chi connectivity index (χ4n) is 2.18. The number of rotatable bonds is 6. The molecule has 0 spiro atoms. The number of nitrogens with one attached hydrogen (secondary N) is 1. The van der Waals surface area contributed by atoms with Crippen LogP contribution in [0.25, 0.3) is 0 Å². The lowest BCUT2D eigenvalue weighted by Gasteiger charge is -2.29. The highest BCUT2D eigenvalue weighted by Gasteiger charge is 2.26. The van der Waals surface area contributed by atoms with Crippen molar-refractivity contribution in [1.82, 2.24) is 20.2 Å². The Morgan fingerprint density at radius 3 is 3.00 bits per heavy atom. The maximum absolute atomic E-state index is 5.68. The van der Waals surface area contributed by atoms with Crippen LogP contribution in [0.15, 0.2) is 6.33 Å². The molecule has 3 N–H and O–H groups in total. The highest BCUT2D eigenvalue weighted by atomic mass is 16.6. The topological polar surface area (TPSA) is 87.2 Å². The van der Waals surface area contributed by atoms with Crippen molar-refractivity contribution in [2.75, 3.05) is 19.8 Å². The van der Waals surface area contributed by atoms with E-state index in [-0.39, 0.29) is 12.1 Å². The normalized spacial score (nSPS) is 21.8. The van der Waals surface area contributed by atoms with Gasteiger partial charge in [0.1, 0.15) is 12.2 Å². The van der Waals surface area contributed by atoms with Gasteiger partial charge in [-0.05, 0) is 5.92 Å². The number of ether oxygens (including phenoxy) is 2. The van der Waals surface area contributed by atoms with Crippen LogP contribution in [0.1, 0.15) is 19.7 Å². The van der Waals surface area contributed by atoms with Gasteiger partial charge in [-0.15, -0.1) is 0 Å². The van der Waals surface area contributed by atoms with Gasteiger partial charge >= 0.3 is 0 Å². The molecule has 1 fully saturated rings. The summed E-state index contributed by atoms with van der Waals surface area (Å²) in [7, 11) is 0. The van der Waals surface area contributed by atoms with Crippen LogP contribution >= 0.6 is 0 Å². The first-order valence-electron chi connectivity index (χ1n) is 6.73. The second-order valence-corrected chi connectivity index (χ2v) is 5.21. The molecule has 2 atom stereocenters. The fourth-order valence-corrected chi connectivity index (χ4v) is 2.18. The molecule has 1 aliphatic rings. The van der Waals surface area contributed by atoms with Gasteiger partial charge in [-0.2, -0.15) is 5.10 Å². The number of hydrogen-bond donors (Lipinski definition) is 2. The Balaban J connectivity index is 1.99. The monoisotopic (exact) mass is 269 g/mol. The molecule has 0 aliphatic carbocycles. The minimum absolute atomic E-state index is 0.0181. The lowest BCUT2D eigenvalue weighted by atomic mass is 10.1. The van der Waals surface area contributed by atoms with Gasteiger partial charge in [0.05, 0.1) is 32.0 Å². The third-order valence-corrected chi connectivity index (χ3v) is 3.14. The van der Waals surface area contributed by atoms with E-state index in [9.17, 15) is 0 Å². The van der Waals surface area contributed by atoms with Crippen molar-refractivity contribution in [3.63, 3.8) is 0 Å². The molecule has 108 valence electrons. The summed E-state index contributed by atoms with van der Waals surface area (Å²) in [4.78, 5) is 4.31. The number of nitrogens with two attached hydrogens (primary N) is 1. The van der Waals surface area contributed by atoms with Crippen LogP contribution in [0.2, 0.25) is 0 Å². The molecule has 2 unspecified atom stereocenters. The molecule has 2 rings (SSSR count). The smallest absolute Gasteiger partial charge is 0.138 e. The lowest BCUT2D eigenvalue weighted by Crippen LogP contribution is -2.51. The number of nitrogens with zero attached hydrogens (tertiary/aromatic N) is 3. The average Bonchev–Trinajstić information content (AvgIpc) is 2.83. The van der Waals surface area contributed by atoms with Crippen molar-refractivity contribution < 1.29 is 9.47 Å². The summed E-state index contributed by atoms with van der Waals surface area (Å²) in [5.74, 6) is 7.08. The second kappa shape index (κ2) is 6.95. The Bertz CT molecular complexity index is 376. The zero-order chi connectivity index (χ0) is 13.7. The number of hydrazine groups is 1. The van der Waals surface area contributed by atoms with Crippen LogP contribution in [0, 0.1) is 5.92 Å². The Kier molecular flexibility index (Phi) is 5.26. The minimum atomic E-state index is -0.0389. The molecule has 1 aliphatic heterocycles. The van der Waals surface area contributed by atoms with Gasteiger partial charge in [0, 0.05) is 13.0 Å². The predicted octanol–water partition coefficient (Wildman–Crippen LogP) is -0.276. The molecular weight excluding hydrogens is 246 g/mol. The van der Waals surface area contributed by atoms with Gasteiger partial charge in [0.15, 0.2) is 0 Å². The van der Waals surface area contributed by atoms with E-state index < -0.39 is 0 Å². The van der Waals surface area contributed by atoms with Crippen LogP contribution in [-0.4, -0.2) is 46.7 Å². The van der Waals surface area contributed by atoms with Gasteiger partial charge in [-0.3, -0.25) is 11.3 Å². The van der Waals surface area contributed by atoms with E-state index in [0.29, 0.717) is 32.2 Å². The van der Waals surface area contributed by atoms with Crippen molar-refractivity contribution in [1.29, 1.82) is 0 Å². The maximum Gasteiger partial charge on any atom is 0.138 e. The van der Waals surface area contributed by atoms with Crippen molar-refractivity contribution in [2.45, 2.75) is 39.0 Å². The fraction of sp³-hybridized carbons (Fsp3) is 0.833. The number of aromatic nitrogens is 3. The van der Waals surface area contributed by atoms with Crippen molar-refractivity contribution >= 4 is 0 Å². The average molecular weight is 269 g/mol. The molecule has 1 aromatic rings. The third-order valence-electron chi connectivity index (χ3n) is 3.14. The maximum atomic E-state index is 5.68. The highest BCUT2D eigenvalue weighted by Crippen LogP contribution is 2.11. The largest absolute Gasteiger partial charge is 0.376 e. The van der Waals surface area contributed by atoms with Gasteiger partial charge in [0.2, 0.25) is 0 Å². The Morgan fingerprint density at radius 1 is 1.53 bits per heavy atom. The zero-order valence-corrected chi connectivity index (χ0v) is 11.6. The van der Waals surface area contributed by atoms with E-state index in [4.69, 9.17) is 15.3 Å². The second-order valence-electron chi connectivity index (χ2n) is 5.21. The van der Waals surface area contributed by atoms with E-state index >= 15 is 0 Å². The molecule has 0 saturated carbocycles. The molecule has 7 nitrogen and oxygen atoms in total. The lowest BCUT2D eigenvalue weighted by molar-refractivity contribution is -0.102. The molecular formula is C12H23N5O2. The van der Waals surface area contributed by atoms with Crippen molar-refractivity contribution in [3.05, 3.63) is 12.2 Å². The van der Waals surface area contributed by atoms with Crippen LogP contribution in [0.3, 0.4) is 0 Å². The van der Waals surface area contributed by atoms with Gasteiger partial charge in [-0.1, -0.05) is 13.8 Å². The summed E-state index contributed by atoms with van der Waals surface area (Å²) in [5, 5.41) is 4.25. The first-order chi connectivity index (χ1) is 9.20. The van der Waals surface area contributed by atoms with Gasteiger partial charge in [-0.25, -0.2) is 9.67 Å². The van der Waals surface area contributed by atoms with E-state index in [0.717, 1.165) is 12.4 Å². The quantitative estimate of drug-likeness (QED) is 0.546. The minimum Gasteiger partial charge on any atom is -0.376 e. The molecule has 1 saturated heterocycles. The van der Waals surface area contributed by atoms with E-state index in [1.54, 1.807) is 6.33 Å². The van der Waals surface area contributed by atoms with E-state index in [1.807, 2.05) is 4.68 Å². The molecule has 7 heteroatoms. The van der Waals surface area contributed by atoms with Crippen LogP contribution in [0.4, 0.5) is 0 Å². The van der Waals surface area contributed by atoms with Gasteiger partial charge < -0.3 is 9.47 Å². The predicted molar refractivity (Wildman–Crippen MR) is 70.2 cm³/mol. The van der Waals surface area contributed by atoms with E-state index in [2.05, 4.69) is 29.4 Å². The van der Waals surface area contributed by atoms with Gasteiger partial charge in [0.25, 0.3) is 0 Å². The molecule has 0 aromatic carbocycles. The molecule has 0 radical (unpaired) electrons. The summed E-state index contributed by atoms with van der Waals surface area (Å²) in [6.07, 6.45) is 2.23. The molecule has 0 amide bonds. The van der Waals surface area contributed by atoms with Crippen LogP contribution in [0.5, 0.6) is 0 Å². The summed E-state index contributed by atoms with van der Waals surface area (Å²) >= 11 is 0. The SMILES string of the molecule is CC(C)Cn1ncnc1CC(NN)C1COCCO1. The molecule has 2 heterocycles. The summed E-state index contributed by atoms with van der Waals surface area (Å²) < 4.78 is 13.0. The van der Waals surface area contributed by atoms with Crippen molar-refractivity contribution in [2.24, 2.45) is 11.8 Å². The standard InChI is InChI=1S/C12H23N5O2/c1-9(2)6-17-12(14-8-15-17)5-10(16-13)11-7-18-3-4-19-11/h8-11,16H,3-7,13H2,1-2H3. The molecule has 0 bridgehead atoms. The Morgan fingerprint density at radius 2 is 2.37 bits per heavy atom. The molecule has 19 heavy (non-hydrogen) atoms. The zero-order valence-electron chi connectivity index (χ0n) is 11.6. The Labute approximate surface area is 113 Å². The Hall–Kier alpha value is -1.02. The summed E-state index contributed by atoms with van der Waals surface area (Å²) in [6.45, 7) is 6.99.